The molecule has 2 aromatic heterocycles. The minimum Gasteiger partial charge on any atom is -0.368 e. The van der Waals surface area contributed by atoms with Crippen LogP contribution in [-0.4, -0.2) is 28.5 Å². The van der Waals surface area contributed by atoms with Crippen LogP contribution in [0.5, 0.6) is 0 Å². The Morgan fingerprint density at radius 1 is 0.906 bits per heavy atom. The van der Waals surface area contributed by atoms with Crippen LogP contribution in [0.15, 0.2) is 71.7 Å². The minimum absolute atomic E-state index is 0.0430. The number of fused-ring (bicyclic) bond motifs is 2. The van der Waals surface area contributed by atoms with Gasteiger partial charge in [-0.05, 0) is 36.4 Å². The topological polar surface area (TPSA) is 76.0 Å². The molecule has 0 radical (unpaired) electrons. The predicted octanol–water partition coefficient (Wildman–Crippen LogP) is 3.80. The van der Waals surface area contributed by atoms with E-state index in [9.17, 15) is 22.8 Å². The largest absolute Gasteiger partial charge is 0.419 e. The van der Waals surface area contributed by atoms with E-state index >= 15 is 0 Å². The number of carbonyl (C=O) groups is 1. The standard InChI is InChI=1S/C23H19F3N4O2/c24-23(25,26)17-8-5-11-28-22(17)29-13-12-27-20(31)14-30-18-9-3-1-6-15(18)21(32)16-7-2-4-10-19(16)30/h1-11H,12-14H2,(H,27,31)(H,28,29). The van der Waals surface area contributed by atoms with Crippen LogP contribution >= 0.6 is 0 Å². The van der Waals surface area contributed by atoms with Crippen LogP contribution in [0.1, 0.15) is 5.56 Å². The molecule has 0 saturated heterocycles. The number of para-hydroxylation sites is 2. The molecule has 0 aliphatic heterocycles. The first-order valence-electron chi connectivity index (χ1n) is 9.89. The summed E-state index contributed by atoms with van der Waals surface area (Å²) in [5.41, 5.74) is 0.297. The number of alkyl halides is 3. The van der Waals surface area contributed by atoms with Crippen molar-refractivity contribution in [3.63, 3.8) is 0 Å². The lowest BCUT2D eigenvalue weighted by molar-refractivity contribution is -0.137. The zero-order chi connectivity index (χ0) is 22.7. The van der Waals surface area contributed by atoms with E-state index in [-0.39, 0.29) is 36.8 Å². The van der Waals surface area contributed by atoms with Gasteiger partial charge in [0.1, 0.15) is 12.4 Å². The van der Waals surface area contributed by atoms with E-state index in [1.54, 1.807) is 53.1 Å². The maximum atomic E-state index is 13.0. The summed E-state index contributed by atoms with van der Waals surface area (Å²) >= 11 is 0. The van der Waals surface area contributed by atoms with Gasteiger partial charge in [-0.3, -0.25) is 9.59 Å². The zero-order valence-corrected chi connectivity index (χ0v) is 16.8. The lowest BCUT2D eigenvalue weighted by Crippen LogP contribution is -2.32. The molecule has 0 bridgehead atoms. The van der Waals surface area contributed by atoms with Gasteiger partial charge >= 0.3 is 6.18 Å². The Morgan fingerprint density at radius 3 is 2.16 bits per heavy atom. The molecule has 32 heavy (non-hydrogen) atoms. The first-order chi connectivity index (χ1) is 15.4. The summed E-state index contributed by atoms with van der Waals surface area (Å²) in [7, 11) is 0. The predicted molar refractivity (Wildman–Crippen MR) is 116 cm³/mol. The van der Waals surface area contributed by atoms with Crippen molar-refractivity contribution in [2.45, 2.75) is 12.7 Å². The van der Waals surface area contributed by atoms with Crippen molar-refractivity contribution in [3.8, 4) is 0 Å². The number of carbonyl (C=O) groups excluding carboxylic acids is 1. The molecule has 0 aliphatic carbocycles. The number of rotatable bonds is 6. The number of halogens is 3. The van der Waals surface area contributed by atoms with Crippen molar-refractivity contribution in [1.82, 2.24) is 14.9 Å². The first-order valence-corrected chi connectivity index (χ1v) is 9.89. The molecule has 0 aliphatic rings. The Labute approximate surface area is 180 Å². The second-order valence-corrected chi connectivity index (χ2v) is 7.12. The monoisotopic (exact) mass is 440 g/mol. The fourth-order valence-corrected chi connectivity index (χ4v) is 3.60. The second kappa shape index (κ2) is 8.70. The van der Waals surface area contributed by atoms with Gasteiger partial charge in [0.2, 0.25) is 5.91 Å². The summed E-state index contributed by atoms with van der Waals surface area (Å²) in [6.45, 7) is 0.124. The summed E-state index contributed by atoms with van der Waals surface area (Å²) in [5, 5.41) is 6.33. The molecule has 4 rings (SSSR count). The Balaban J connectivity index is 1.48. The van der Waals surface area contributed by atoms with Crippen LogP contribution in [0.2, 0.25) is 0 Å². The highest BCUT2D eigenvalue weighted by Crippen LogP contribution is 2.33. The van der Waals surface area contributed by atoms with Gasteiger partial charge in [0.05, 0.1) is 16.6 Å². The van der Waals surface area contributed by atoms with E-state index in [1.165, 1.54) is 12.3 Å². The van der Waals surface area contributed by atoms with Crippen molar-refractivity contribution in [2.24, 2.45) is 0 Å². The van der Waals surface area contributed by atoms with E-state index in [1.807, 2.05) is 0 Å². The normalized spacial score (nSPS) is 11.6. The summed E-state index contributed by atoms with van der Waals surface area (Å²) in [6, 6.07) is 16.3. The highest BCUT2D eigenvalue weighted by Gasteiger charge is 2.33. The van der Waals surface area contributed by atoms with Gasteiger partial charge in [0.25, 0.3) is 0 Å². The number of benzene rings is 2. The van der Waals surface area contributed by atoms with Gasteiger partial charge in [-0.2, -0.15) is 13.2 Å². The lowest BCUT2D eigenvalue weighted by atomic mass is 10.1. The lowest BCUT2D eigenvalue weighted by Gasteiger charge is -2.16. The van der Waals surface area contributed by atoms with Crippen molar-refractivity contribution in [3.05, 3.63) is 82.6 Å². The third-order valence-corrected chi connectivity index (χ3v) is 5.03. The average molecular weight is 440 g/mol. The number of hydrogen-bond acceptors (Lipinski definition) is 4. The van der Waals surface area contributed by atoms with E-state index in [2.05, 4.69) is 15.6 Å². The van der Waals surface area contributed by atoms with Gasteiger partial charge in [-0.15, -0.1) is 0 Å². The molecule has 9 heteroatoms. The number of nitrogens with zero attached hydrogens (tertiary/aromatic N) is 2. The fourth-order valence-electron chi connectivity index (χ4n) is 3.60. The molecule has 0 saturated carbocycles. The van der Waals surface area contributed by atoms with Crippen molar-refractivity contribution in [2.75, 3.05) is 18.4 Å². The van der Waals surface area contributed by atoms with E-state index in [0.717, 1.165) is 6.07 Å². The highest BCUT2D eigenvalue weighted by molar-refractivity contribution is 5.94. The van der Waals surface area contributed by atoms with Crippen molar-refractivity contribution >= 4 is 33.5 Å². The number of anilines is 1. The molecule has 164 valence electrons. The Hall–Kier alpha value is -3.88. The van der Waals surface area contributed by atoms with E-state index in [4.69, 9.17) is 0 Å². The molecular weight excluding hydrogens is 421 g/mol. The van der Waals surface area contributed by atoms with Crippen molar-refractivity contribution in [1.29, 1.82) is 0 Å². The number of aromatic nitrogens is 2. The molecule has 4 aromatic rings. The van der Waals surface area contributed by atoms with Gasteiger partial charge in [0.15, 0.2) is 5.43 Å². The molecule has 0 fully saturated rings. The minimum atomic E-state index is -4.52. The van der Waals surface area contributed by atoms with Gasteiger partial charge in [0, 0.05) is 30.1 Å². The van der Waals surface area contributed by atoms with Crippen LogP contribution in [0.25, 0.3) is 21.8 Å². The second-order valence-electron chi connectivity index (χ2n) is 7.12. The molecule has 2 aromatic carbocycles. The molecule has 2 N–H and O–H groups in total. The third-order valence-electron chi connectivity index (χ3n) is 5.03. The molecule has 6 nitrogen and oxygen atoms in total. The van der Waals surface area contributed by atoms with E-state index in [0.29, 0.717) is 21.8 Å². The highest BCUT2D eigenvalue weighted by atomic mass is 19.4. The molecule has 2 heterocycles. The van der Waals surface area contributed by atoms with Crippen molar-refractivity contribution < 1.29 is 18.0 Å². The summed E-state index contributed by atoms with van der Waals surface area (Å²) in [5.74, 6) is -0.616. The Kier molecular flexibility index (Phi) is 5.81. The average Bonchev–Trinajstić information content (AvgIpc) is 2.79. The van der Waals surface area contributed by atoms with Crippen LogP contribution in [0, 0.1) is 0 Å². The number of hydrogen-bond donors (Lipinski definition) is 2. The fraction of sp³-hybridized carbons (Fsp3) is 0.174. The number of nitrogens with one attached hydrogen (secondary N) is 2. The maximum Gasteiger partial charge on any atom is 0.419 e. The Morgan fingerprint density at radius 2 is 1.53 bits per heavy atom. The number of amides is 1. The molecule has 0 spiro atoms. The molecule has 1 amide bonds. The SMILES string of the molecule is O=C(Cn1c2ccccc2c(=O)c2ccccc21)NCCNc1ncccc1C(F)(F)F. The quantitative estimate of drug-likeness (QED) is 0.353. The van der Waals surface area contributed by atoms with Gasteiger partial charge in [-0.25, -0.2) is 4.98 Å². The van der Waals surface area contributed by atoms with Crippen LogP contribution in [-0.2, 0) is 17.5 Å². The van der Waals surface area contributed by atoms with Gasteiger partial charge in [-0.1, -0.05) is 24.3 Å². The summed E-state index contributed by atoms with van der Waals surface area (Å²) < 4.78 is 40.9. The summed E-state index contributed by atoms with van der Waals surface area (Å²) in [4.78, 5) is 29.1. The maximum absolute atomic E-state index is 13.0. The van der Waals surface area contributed by atoms with Gasteiger partial charge < -0.3 is 15.2 Å². The van der Waals surface area contributed by atoms with Crippen LogP contribution in [0.3, 0.4) is 0 Å². The molecule has 0 unspecified atom stereocenters. The molecule has 0 atom stereocenters. The smallest absolute Gasteiger partial charge is 0.368 e. The summed E-state index contributed by atoms with van der Waals surface area (Å²) in [6.07, 6.45) is -3.25. The van der Waals surface area contributed by atoms with Crippen LogP contribution in [0.4, 0.5) is 19.0 Å². The van der Waals surface area contributed by atoms with E-state index < -0.39 is 11.7 Å². The molecular formula is C23H19F3N4O2. The zero-order valence-electron chi connectivity index (χ0n) is 16.8. The first kappa shape index (κ1) is 21.4. The Bertz CT molecular complexity index is 1290. The van der Waals surface area contributed by atoms with Crippen LogP contribution < -0.4 is 16.1 Å². The number of pyridine rings is 2. The third kappa shape index (κ3) is 4.27.